The number of benzene rings is 2. The Balaban J connectivity index is 1.63. The van der Waals surface area contributed by atoms with E-state index < -0.39 is 5.54 Å². The molecule has 1 fully saturated rings. The van der Waals surface area contributed by atoms with E-state index in [4.69, 9.17) is 4.74 Å². The molecule has 1 N–H and O–H groups in total. The minimum Gasteiger partial charge on any atom is -0.496 e. The second-order valence-electron chi connectivity index (χ2n) is 7.59. The summed E-state index contributed by atoms with van der Waals surface area (Å²) >= 11 is 0. The fraction of sp³-hybridized carbons (Fsp3) is 0.318. The highest BCUT2D eigenvalue weighted by Crippen LogP contribution is 2.39. The third-order valence-corrected chi connectivity index (χ3v) is 4.98. The van der Waals surface area contributed by atoms with Crippen molar-refractivity contribution in [3.05, 3.63) is 71.8 Å². The summed E-state index contributed by atoms with van der Waals surface area (Å²) in [6.07, 6.45) is 2.17. The molecule has 0 radical (unpaired) electrons. The fourth-order valence-electron chi connectivity index (χ4n) is 3.35. The lowest BCUT2D eigenvalue weighted by atomic mass is 9.93. The monoisotopic (exact) mass is 376 g/mol. The van der Waals surface area contributed by atoms with Gasteiger partial charge in [-0.05, 0) is 44.9 Å². The van der Waals surface area contributed by atoms with Gasteiger partial charge in [-0.1, -0.05) is 36.4 Å². The van der Waals surface area contributed by atoms with Crippen LogP contribution in [0.25, 0.3) is 5.69 Å². The van der Waals surface area contributed by atoms with E-state index in [1.54, 1.807) is 11.8 Å². The molecule has 1 aliphatic rings. The van der Waals surface area contributed by atoms with Crippen molar-refractivity contribution < 1.29 is 9.53 Å². The number of carbonyl (C=O) groups excluding carboxylic acids is 1. The van der Waals surface area contributed by atoms with Crippen molar-refractivity contribution in [3.63, 3.8) is 0 Å². The summed E-state index contributed by atoms with van der Waals surface area (Å²) in [5.41, 5.74) is 1.18. The van der Waals surface area contributed by atoms with Crippen LogP contribution < -0.4 is 10.1 Å². The first-order valence-corrected chi connectivity index (χ1v) is 9.48. The second kappa shape index (κ2) is 7.11. The van der Waals surface area contributed by atoms with Crippen molar-refractivity contribution in [2.45, 2.75) is 38.1 Å². The predicted octanol–water partition coefficient (Wildman–Crippen LogP) is 3.82. The number of methoxy groups -OCH3 is 1. The molecule has 0 spiro atoms. The van der Waals surface area contributed by atoms with Crippen molar-refractivity contribution in [1.29, 1.82) is 0 Å². The maximum atomic E-state index is 13.0. The molecule has 1 saturated carbocycles. The lowest BCUT2D eigenvalue weighted by Crippen LogP contribution is -2.41. The van der Waals surface area contributed by atoms with Crippen molar-refractivity contribution in [1.82, 2.24) is 20.1 Å². The quantitative estimate of drug-likeness (QED) is 0.710. The molecule has 0 aliphatic heterocycles. The molecular formula is C22H24N4O2. The number of para-hydroxylation sites is 2. The number of aromatic nitrogens is 3. The molecule has 2 aromatic carbocycles. The van der Waals surface area contributed by atoms with Gasteiger partial charge in [0, 0.05) is 11.5 Å². The molecule has 0 atom stereocenters. The van der Waals surface area contributed by atoms with Gasteiger partial charge in [0.25, 0.3) is 5.91 Å². The first-order valence-electron chi connectivity index (χ1n) is 9.48. The van der Waals surface area contributed by atoms with Crippen LogP contribution in [0.15, 0.2) is 54.6 Å². The van der Waals surface area contributed by atoms with Gasteiger partial charge >= 0.3 is 0 Å². The van der Waals surface area contributed by atoms with Gasteiger partial charge in [-0.2, -0.15) is 0 Å². The van der Waals surface area contributed by atoms with Crippen LogP contribution >= 0.6 is 0 Å². The van der Waals surface area contributed by atoms with Crippen LogP contribution in [0.2, 0.25) is 0 Å². The van der Waals surface area contributed by atoms with E-state index in [-0.39, 0.29) is 11.7 Å². The van der Waals surface area contributed by atoms with Crippen molar-refractivity contribution in [3.8, 4) is 11.4 Å². The Morgan fingerprint density at radius 2 is 1.79 bits per heavy atom. The lowest BCUT2D eigenvalue weighted by Gasteiger charge is -2.27. The fourth-order valence-corrected chi connectivity index (χ4v) is 3.35. The van der Waals surface area contributed by atoms with E-state index >= 15 is 0 Å². The minimum atomic E-state index is -0.637. The number of amides is 1. The molecule has 6 heteroatoms. The Bertz CT molecular complexity index is 991. The average molecular weight is 376 g/mol. The predicted molar refractivity (Wildman–Crippen MR) is 107 cm³/mol. The summed E-state index contributed by atoms with van der Waals surface area (Å²) in [4.78, 5) is 17.6. The van der Waals surface area contributed by atoms with Gasteiger partial charge in [0.05, 0.1) is 18.3 Å². The smallest absolute Gasteiger partial charge is 0.291 e. The van der Waals surface area contributed by atoms with Crippen LogP contribution in [0.4, 0.5) is 0 Å². The summed E-state index contributed by atoms with van der Waals surface area (Å²) in [5.74, 6) is 1.85. The van der Waals surface area contributed by atoms with Crippen LogP contribution in [-0.2, 0) is 5.54 Å². The third kappa shape index (κ3) is 3.50. The molecule has 144 valence electrons. The Labute approximate surface area is 164 Å². The van der Waals surface area contributed by atoms with E-state index in [1.807, 2.05) is 68.4 Å². The van der Waals surface area contributed by atoms with Crippen LogP contribution in [0.3, 0.4) is 0 Å². The molecule has 1 amide bonds. The number of carbonyl (C=O) groups is 1. The Hall–Kier alpha value is -3.15. The molecule has 4 rings (SSSR count). The highest BCUT2D eigenvalue weighted by atomic mass is 16.5. The standard InChI is InChI=1S/C22H24N4O2/c1-22(2,17-11-7-8-12-18(17)28-3)24-21(27)19-23-20(15-13-14-15)26(25-19)16-9-5-4-6-10-16/h4-12,15H,13-14H2,1-3H3,(H,24,27). The average Bonchev–Trinajstić information content (AvgIpc) is 3.46. The van der Waals surface area contributed by atoms with Crippen LogP contribution in [0.1, 0.15) is 54.6 Å². The number of rotatable bonds is 6. The molecule has 3 aromatic rings. The van der Waals surface area contributed by atoms with Crippen LogP contribution in [0, 0.1) is 0 Å². The highest BCUT2D eigenvalue weighted by Gasteiger charge is 2.33. The van der Waals surface area contributed by atoms with Gasteiger partial charge in [0.15, 0.2) is 0 Å². The number of nitrogens with zero attached hydrogens (tertiary/aromatic N) is 3. The third-order valence-electron chi connectivity index (χ3n) is 4.98. The summed E-state index contributed by atoms with van der Waals surface area (Å²) in [6, 6.07) is 17.5. The molecule has 0 bridgehead atoms. The molecule has 1 heterocycles. The molecule has 28 heavy (non-hydrogen) atoms. The van der Waals surface area contributed by atoms with E-state index in [0.29, 0.717) is 5.92 Å². The normalized spacial score (nSPS) is 14.0. The van der Waals surface area contributed by atoms with E-state index in [9.17, 15) is 4.79 Å². The summed E-state index contributed by atoms with van der Waals surface area (Å²) in [7, 11) is 1.63. The zero-order chi connectivity index (χ0) is 19.7. The minimum absolute atomic E-state index is 0.189. The Morgan fingerprint density at radius 1 is 1.11 bits per heavy atom. The number of ether oxygens (including phenoxy) is 1. The molecule has 0 unspecified atom stereocenters. The first-order chi connectivity index (χ1) is 13.5. The summed E-state index contributed by atoms with van der Waals surface area (Å²) in [6.45, 7) is 3.89. The topological polar surface area (TPSA) is 69.0 Å². The SMILES string of the molecule is COc1ccccc1C(C)(C)NC(=O)c1nc(C2CC2)n(-c2ccccc2)n1. The largest absolute Gasteiger partial charge is 0.496 e. The van der Waals surface area contributed by atoms with Gasteiger partial charge in [0.1, 0.15) is 11.6 Å². The van der Waals surface area contributed by atoms with Gasteiger partial charge in [0.2, 0.25) is 5.82 Å². The van der Waals surface area contributed by atoms with Crippen molar-refractivity contribution >= 4 is 5.91 Å². The molecule has 1 aliphatic carbocycles. The Kier molecular flexibility index (Phi) is 4.63. The molecule has 6 nitrogen and oxygen atoms in total. The molecule has 1 aromatic heterocycles. The maximum absolute atomic E-state index is 13.0. The Morgan fingerprint density at radius 3 is 2.46 bits per heavy atom. The highest BCUT2D eigenvalue weighted by molar-refractivity contribution is 5.91. The van der Waals surface area contributed by atoms with E-state index in [2.05, 4.69) is 15.4 Å². The molecular weight excluding hydrogens is 352 g/mol. The van der Waals surface area contributed by atoms with Crippen LogP contribution in [-0.4, -0.2) is 27.8 Å². The van der Waals surface area contributed by atoms with Crippen molar-refractivity contribution in [2.24, 2.45) is 0 Å². The van der Waals surface area contributed by atoms with Gasteiger partial charge in [-0.15, -0.1) is 5.10 Å². The molecule has 0 saturated heterocycles. The van der Waals surface area contributed by atoms with E-state index in [0.717, 1.165) is 35.7 Å². The number of hydrogen-bond acceptors (Lipinski definition) is 4. The van der Waals surface area contributed by atoms with E-state index in [1.165, 1.54) is 0 Å². The van der Waals surface area contributed by atoms with Crippen molar-refractivity contribution in [2.75, 3.05) is 7.11 Å². The summed E-state index contributed by atoms with van der Waals surface area (Å²) in [5, 5.41) is 7.58. The number of nitrogens with one attached hydrogen (secondary N) is 1. The zero-order valence-corrected chi connectivity index (χ0v) is 16.3. The van der Waals surface area contributed by atoms with Gasteiger partial charge in [-0.3, -0.25) is 4.79 Å². The number of hydrogen-bond donors (Lipinski definition) is 1. The van der Waals surface area contributed by atoms with Gasteiger partial charge < -0.3 is 10.1 Å². The second-order valence-corrected chi connectivity index (χ2v) is 7.59. The van der Waals surface area contributed by atoms with Crippen LogP contribution in [0.5, 0.6) is 5.75 Å². The first kappa shape index (κ1) is 18.2. The zero-order valence-electron chi connectivity index (χ0n) is 16.3. The summed E-state index contributed by atoms with van der Waals surface area (Å²) < 4.78 is 7.25. The lowest BCUT2D eigenvalue weighted by molar-refractivity contribution is 0.0900. The maximum Gasteiger partial charge on any atom is 0.291 e. The van der Waals surface area contributed by atoms with Gasteiger partial charge in [-0.25, -0.2) is 9.67 Å².